The summed E-state index contributed by atoms with van der Waals surface area (Å²) in [5.41, 5.74) is 2.71. The summed E-state index contributed by atoms with van der Waals surface area (Å²) in [5.74, 6) is -0.146. The van der Waals surface area contributed by atoms with Gasteiger partial charge in [0, 0.05) is 62.5 Å². The predicted molar refractivity (Wildman–Crippen MR) is 133 cm³/mol. The normalized spacial score (nSPS) is 19.1. The first-order valence-electron chi connectivity index (χ1n) is 11.9. The van der Waals surface area contributed by atoms with Crippen LogP contribution >= 0.6 is 0 Å². The number of aromatic nitrogens is 2. The first-order valence-corrected chi connectivity index (χ1v) is 11.9. The number of amides is 1. The number of hydrogen-bond donors (Lipinski definition) is 1. The highest BCUT2D eigenvalue weighted by Gasteiger charge is 2.27. The Labute approximate surface area is 202 Å². The lowest BCUT2D eigenvalue weighted by molar-refractivity contribution is -0.384. The number of fused-ring (bicyclic) bond motifs is 1. The van der Waals surface area contributed by atoms with Gasteiger partial charge in [-0.1, -0.05) is 12.1 Å². The van der Waals surface area contributed by atoms with Crippen molar-refractivity contribution in [1.82, 2.24) is 20.0 Å². The van der Waals surface area contributed by atoms with Gasteiger partial charge in [0.05, 0.1) is 16.0 Å². The number of piperidine rings is 1. The number of hydrogen-bond acceptors (Lipinski definition) is 7. The van der Waals surface area contributed by atoms with Crippen LogP contribution in [-0.2, 0) is 11.3 Å². The van der Waals surface area contributed by atoms with Gasteiger partial charge in [0.25, 0.3) is 11.2 Å². The molecule has 1 unspecified atom stereocenters. The lowest BCUT2D eigenvalue weighted by Gasteiger charge is -2.36. The van der Waals surface area contributed by atoms with Gasteiger partial charge in [-0.25, -0.2) is 4.68 Å². The van der Waals surface area contributed by atoms with Crippen LogP contribution < -0.4 is 15.8 Å². The zero-order valence-corrected chi connectivity index (χ0v) is 19.6. The van der Waals surface area contributed by atoms with E-state index in [0.29, 0.717) is 18.4 Å². The second-order valence-electron chi connectivity index (χ2n) is 9.20. The number of nitrogens with one attached hydrogen (secondary N) is 1. The van der Waals surface area contributed by atoms with Crippen LogP contribution in [0.2, 0.25) is 0 Å². The van der Waals surface area contributed by atoms with Crippen LogP contribution in [0.25, 0.3) is 10.8 Å². The summed E-state index contributed by atoms with van der Waals surface area (Å²) in [6.45, 7) is 6.68. The number of rotatable bonds is 5. The summed E-state index contributed by atoms with van der Waals surface area (Å²) in [4.78, 5) is 40.5. The molecule has 1 aromatic heterocycles. The summed E-state index contributed by atoms with van der Waals surface area (Å²) < 4.78 is 1.35. The van der Waals surface area contributed by atoms with Gasteiger partial charge < -0.3 is 10.2 Å². The average molecular weight is 477 g/mol. The minimum atomic E-state index is -0.553. The number of carbonyl (C=O) groups excluding carboxylic acids is 1. The maximum Gasteiger partial charge on any atom is 0.275 e. The van der Waals surface area contributed by atoms with Gasteiger partial charge in [0.2, 0.25) is 5.91 Å². The maximum absolute atomic E-state index is 13.2. The topological polar surface area (TPSA) is 114 Å². The van der Waals surface area contributed by atoms with Crippen LogP contribution in [0.4, 0.5) is 11.4 Å². The molecule has 1 N–H and O–H groups in total. The van der Waals surface area contributed by atoms with Gasteiger partial charge in [-0.3, -0.25) is 24.6 Å². The molecule has 1 atom stereocenters. The molecular weight excluding hydrogens is 448 g/mol. The minimum absolute atomic E-state index is 0.105. The first kappa shape index (κ1) is 23.0. The molecule has 5 rings (SSSR count). The van der Waals surface area contributed by atoms with E-state index >= 15 is 0 Å². The molecule has 182 valence electrons. The lowest BCUT2D eigenvalue weighted by atomic mass is 10.1. The van der Waals surface area contributed by atoms with E-state index in [1.807, 2.05) is 37.3 Å². The van der Waals surface area contributed by atoms with Crippen LogP contribution in [0, 0.1) is 17.0 Å². The van der Waals surface area contributed by atoms with Crippen molar-refractivity contribution >= 4 is 28.1 Å². The summed E-state index contributed by atoms with van der Waals surface area (Å²) in [7, 11) is 0. The number of non-ortho nitro benzene ring substituents is 1. The standard InChI is InChI=1S/C25H28N6O4/c1-17-22-15-20(8-9-21(22)25(33)30(27-17)23-3-2-10-26-24(23)32)29-13-11-28(12-14-29)16-18-4-6-19(7-5-18)31(34)35/h4-9,15,23H,2-3,10-14,16H2,1H3,(H,26,32). The molecule has 0 spiro atoms. The first-order chi connectivity index (χ1) is 16.9. The van der Waals surface area contributed by atoms with Crippen LogP contribution in [0.15, 0.2) is 47.3 Å². The zero-order valence-electron chi connectivity index (χ0n) is 19.6. The Balaban J connectivity index is 1.29. The molecule has 2 aliphatic rings. The maximum atomic E-state index is 13.2. The van der Waals surface area contributed by atoms with Crippen LogP contribution in [0.3, 0.4) is 0 Å². The number of aryl methyl sites for hydroxylation is 1. The van der Waals surface area contributed by atoms with Gasteiger partial charge in [-0.05, 0) is 43.5 Å². The highest BCUT2D eigenvalue weighted by atomic mass is 16.6. The number of nitro benzene ring substituents is 1. The van der Waals surface area contributed by atoms with Crippen molar-refractivity contribution in [2.45, 2.75) is 32.4 Å². The largest absolute Gasteiger partial charge is 0.369 e. The predicted octanol–water partition coefficient (Wildman–Crippen LogP) is 2.39. The monoisotopic (exact) mass is 476 g/mol. The van der Waals surface area contributed by atoms with Gasteiger partial charge in [-0.2, -0.15) is 5.10 Å². The van der Waals surface area contributed by atoms with E-state index in [1.165, 1.54) is 4.68 Å². The van der Waals surface area contributed by atoms with Gasteiger partial charge in [-0.15, -0.1) is 0 Å². The Hall–Kier alpha value is -3.79. The number of nitrogens with zero attached hydrogens (tertiary/aromatic N) is 5. The highest BCUT2D eigenvalue weighted by molar-refractivity contribution is 5.87. The second-order valence-corrected chi connectivity index (χ2v) is 9.20. The van der Waals surface area contributed by atoms with E-state index in [2.05, 4.69) is 20.2 Å². The third-order valence-corrected chi connectivity index (χ3v) is 6.93. The van der Waals surface area contributed by atoms with E-state index in [0.717, 1.165) is 61.5 Å². The molecule has 0 saturated carbocycles. The van der Waals surface area contributed by atoms with Crippen molar-refractivity contribution in [1.29, 1.82) is 0 Å². The fourth-order valence-corrected chi connectivity index (χ4v) is 4.95. The molecule has 10 nitrogen and oxygen atoms in total. The molecule has 1 amide bonds. The average Bonchev–Trinajstić information content (AvgIpc) is 2.87. The fraction of sp³-hybridized carbons (Fsp3) is 0.400. The second kappa shape index (κ2) is 9.46. The zero-order chi connectivity index (χ0) is 24.5. The van der Waals surface area contributed by atoms with E-state index in [4.69, 9.17) is 0 Å². The van der Waals surface area contributed by atoms with E-state index in [-0.39, 0.29) is 22.1 Å². The van der Waals surface area contributed by atoms with Crippen LogP contribution in [0.5, 0.6) is 0 Å². The lowest BCUT2D eigenvalue weighted by Crippen LogP contribution is -2.46. The summed E-state index contributed by atoms with van der Waals surface area (Å²) in [6, 6.07) is 12.0. The SMILES string of the molecule is Cc1nn(C2CCCNC2=O)c(=O)c2ccc(N3CCN(Cc4ccc([N+](=O)[O-])cc4)CC3)cc12. The Kier molecular flexibility index (Phi) is 6.21. The van der Waals surface area contributed by atoms with E-state index in [1.54, 1.807) is 12.1 Å². The van der Waals surface area contributed by atoms with Gasteiger partial charge >= 0.3 is 0 Å². The quantitative estimate of drug-likeness (QED) is 0.444. The van der Waals surface area contributed by atoms with Crippen LogP contribution in [-0.4, -0.2) is 58.2 Å². The van der Waals surface area contributed by atoms with Crippen LogP contribution in [0.1, 0.15) is 30.1 Å². The van der Waals surface area contributed by atoms with Crippen molar-refractivity contribution in [2.24, 2.45) is 0 Å². The Bertz CT molecular complexity index is 1330. The van der Waals surface area contributed by atoms with E-state index < -0.39 is 6.04 Å². The molecule has 10 heteroatoms. The molecule has 0 aliphatic carbocycles. The molecule has 2 aromatic carbocycles. The van der Waals surface area contributed by atoms with E-state index in [9.17, 15) is 19.7 Å². The molecule has 3 aromatic rings. The smallest absolute Gasteiger partial charge is 0.275 e. The molecule has 2 fully saturated rings. The van der Waals surface area contributed by atoms with Crippen molar-refractivity contribution < 1.29 is 9.72 Å². The van der Waals surface area contributed by atoms with Crippen molar-refractivity contribution in [2.75, 3.05) is 37.6 Å². The molecule has 3 heterocycles. The number of nitro groups is 1. The molecule has 35 heavy (non-hydrogen) atoms. The highest BCUT2D eigenvalue weighted by Crippen LogP contribution is 2.25. The summed E-state index contributed by atoms with van der Waals surface area (Å²) >= 11 is 0. The molecule has 2 saturated heterocycles. The van der Waals surface area contributed by atoms with Crippen molar-refractivity contribution in [3.8, 4) is 0 Å². The molecule has 2 aliphatic heterocycles. The number of carbonyl (C=O) groups is 1. The fourth-order valence-electron chi connectivity index (χ4n) is 4.95. The molecule has 0 bridgehead atoms. The van der Waals surface area contributed by atoms with Crippen molar-refractivity contribution in [3.05, 3.63) is 74.2 Å². The molecule has 0 radical (unpaired) electrons. The van der Waals surface area contributed by atoms with Crippen molar-refractivity contribution in [3.63, 3.8) is 0 Å². The summed E-state index contributed by atoms with van der Waals surface area (Å²) in [5, 5.41) is 19.6. The number of anilines is 1. The minimum Gasteiger partial charge on any atom is -0.369 e. The third-order valence-electron chi connectivity index (χ3n) is 6.93. The Morgan fingerprint density at radius 3 is 2.49 bits per heavy atom. The molecular formula is C25H28N6O4. The number of piperazine rings is 1. The Morgan fingerprint density at radius 2 is 1.80 bits per heavy atom. The van der Waals surface area contributed by atoms with Gasteiger partial charge in [0.1, 0.15) is 6.04 Å². The third kappa shape index (κ3) is 4.61. The summed E-state index contributed by atoms with van der Waals surface area (Å²) in [6.07, 6.45) is 1.45. The Morgan fingerprint density at radius 1 is 1.06 bits per heavy atom. The number of benzene rings is 2. The van der Waals surface area contributed by atoms with Gasteiger partial charge in [0.15, 0.2) is 0 Å².